The molecule has 2 aromatic rings. The monoisotopic (exact) mass is 203 g/mol. The summed E-state index contributed by atoms with van der Waals surface area (Å²) >= 11 is 0. The number of non-ortho nitro benzene ring substituents is 1. The Hall–Kier alpha value is -2.17. The van der Waals surface area contributed by atoms with Crippen molar-refractivity contribution in [2.24, 2.45) is 0 Å². The Morgan fingerprint density at radius 2 is 2.27 bits per heavy atom. The number of nitrogens with one attached hydrogen (secondary N) is 1. The number of rotatable bonds is 2. The molecule has 15 heavy (non-hydrogen) atoms. The lowest BCUT2D eigenvalue weighted by atomic mass is 10.2. The molecule has 0 saturated carbocycles. The Morgan fingerprint density at radius 1 is 1.47 bits per heavy atom. The number of hydrogen-bond acceptors (Lipinski definition) is 3. The van der Waals surface area contributed by atoms with Crippen LogP contribution >= 0.6 is 0 Å². The highest BCUT2D eigenvalue weighted by Gasteiger charge is 2.08. The lowest BCUT2D eigenvalue weighted by Crippen LogP contribution is -1.88. The molecule has 1 N–H and O–H groups in total. The van der Waals surface area contributed by atoms with Gasteiger partial charge in [-0.3, -0.25) is 10.1 Å². The van der Waals surface area contributed by atoms with E-state index in [9.17, 15) is 10.1 Å². The summed E-state index contributed by atoms with van der Waals surface area (Å²) in [4.78, 5) is 17.3. The zero-order valence-corrected chi connectivity index (χ0v) is 8.10. The third-order valence-corrected chi connectivity index (χ3v) is 2.03. The van der Waals surface area contributed by atoms with Gasteiger partial charge in [0.1, 0.15) is 5.82 Å². The van der Waals surface area contributed by atoms with Crippen LogP contribution in [0.5, 0.6) is 0 Å². The van der Waals surface area contributed by atoms with Crippen molar-refractivity contribution in [1.29, 1.82) is 0 Å². The van der Waals surface area contributed by atoms with Gasteiger partial charge in [-0.2, -0.15) is 0 Å². The zero-order valence-electron chi connectivity index (χ0n) is 8.10. The smallest absolute Gasteiger partial charge is 0.270 e. The van der Waals surface area contributed by atoms with Gasteiger partial charge in [0.2, 0.25) is 0 Å². The third kappa shape index (κ3) is 1.85. The first-order valence-corrected chi connectivity index (χ1v) is 4.43. The van der Waals surface area contributed by atoms with Crippen LogP contribution in [0.15, 0.2) is 30.5 Å². The normalized spacial score (nSPS) is 10.2. The van der Waals surface area contributed by atoms with Gasteiger partial charge < -0.3 is 4.98 Å². The van der Waals surface area contributed by atoms with Crippen molar-refractivity contribution >= 4 is 5.69 Å². The Labute approximate surface area is 85.9 Å². The summed E-state index contributed by atoms with van der Waals surface area (Å²) in [6.45, 7) is 1.88. The van der Waals surface area contributed by atoms with Gasteiger partial charge >= 0.3 is 0 Å². The molecular weight excluding hydrogens is 194 g/mol. The first-order chi connectivity index (χ1) is 7.16. The molecule has 5 heteroatoms. The first-order valence-electron chi connectivity index (χ1n) is 4.43. The van der Waals surface area contributed by atoms with E-state index < -0.39 is 4.92 Å². The predicted molar refractivity (Wildman–Crippen MR) is 55.4 cm³/mol. The summed E-state index contributed by atoms with van der Waals surface area (Å²) in [5.74, 6) is 0.649. The zero-order chi connectivity index (χ0) is 10.8. The Morgan fingerprint density at radius 3 is 2.87 bits per heavy atom. The molecule has 76 valence electrons. The Bertz CT molecular complexity index is 505. The molecule has 0 aliphatic carbocycles. The predicted octanol–water partition coefficient (Wildman–Crippen LogP) is 2.29. The SMILES string of the molecule is Cc1cnc(-c2cccc([N+](=O)[O-])c2)[nH]1. The average Bonchev–Trinajstić information content (AvgIpc) is 2.65. The van der Waals surface area contributed by atoms with Crippen LogP contribution in [-0.4, -0.2) is 14.9 Å². The quantitative estimate of drug-likeness (QED) is 0.601. The van der Waals surface area contributed by atoms with Crippen LogP contribution in [-0.2, 0) is 0 Å². The number of nitrogens with zero attached hydrogens (tertiary/aromatic N) is 2. The molecule has 0 amide bonds. The maximum Gasteiger partial charge on any atom is 0.270 e. The molecule has 2 rings (SSSR count). The highest BCUT2D eigenvalue weighted by molar-refractivity contribution is 5.59. The minimum atomic E-state index is -0.417. The molecule has 0 bridgehead atoms. The van der Waals surface area contributed by atoms with E-state index in [0.717, 1.165) is 11.3 Å². The highest BCUT2D eigenvalue weighted by Crippen LogP contribution is 2.20. The molecule has 1 aromatic carbocycles. The summed E-state index contributed by atoms with van der Waals surface area (Å²) in [5.41, 5.74) is 1.72. The van der Waals surface area contributed by atoms with Crippen molar-refractivity contribution in [3.05, 3.63) is 46.3 Å². The fraction of sp³-hybridized carbons (Fsp3) is 0.100. The van der Waals surface area contributed by atoms with Crippen LogP contribution in [0.1, 0.15) is 5.69 Å². The van der Waals surface area contributed by atoms with Crippen molar-refractivity contribution in [2.45, 2.75) is 6.92 Å². The third-order valence-electron chi connectivity index (χ3n) is 2.03. The molecule has 0 fully saturated rings. The van der Waals surface area contributed by atoms with E-state index in [4.69, 9.17) is 0 Å². The largest absolute Gasteiger partial charge is 0.342 e. The molecule has 0 spiro atoms. The van der Waals surface area contributed by atoms with Gasteiger partial charge in [0.15, 0.2) is 0 Å². The first kappa shape index (κ1) is 9.39. The molecular formula is C10H9N3O2. The van der Waals surface area contributed by atoms with Crippen LogP contribution in [0.3, 0.4) is 0 Å². The van der Waals surface area contributed by atoms with E-state index in [0.29, 0.717) is 5.82 Å². The van der Waals surface area contributed by atoms with Crippen molar-refractivity contribution in [3.63, 3.8) is 0 Å². The number of aromatic amines is 1. The van der Waals surface area contributed by atoms with Crippen molar-refractivity contribution in [2.75, 3.05) is 0 Å². The Balaban J connectivity index is 2.45. The van der Waals surface area contributed by atoms with Crippen molar-refractivity contribution < 1.29 is 4.92 Å². The number of nitro groups is 1. The van der Waals surface area contributed by atoms with Crippen molar-refractivity contribution in [3.8, 4) is 11.4 Å². The number of aromatic nitrogens is 2. The standard InChI is InChI=1S/C10H9N3O2/c1-7-6-11-10(12-7)8-3-2-4-9(5-8)13(14)15/h2-6H,1H3,(H,11,12). The molecule has 5 nitrogen and oxygen atoms in total. The average molecular weight is 203 g/mol. The minimum Gasteiger partial charge on any atom is -0.342 e. The molecule has 0 atom stereocenters. The van der Waals surface area contributed by atoms with E-state index in [-0.39, 0.29) is 5.69 Å². The van der Waals surface area contributed by atoms with Crippen LogP contribution in [0.2, 0.25) is 0 Å². The number of aryl methyl sites for hydroxylation is 1. The van der Waals surface area contributed by atoms with Gasteiger partial charge in [-0.15, -0.1) is 0 Å². The number of benzene rings is 1. The van der Waals surface area contributed by atoms with E-state index in [1.165, 1.54) is 12.1 Å². The van der Waals surface area contributed by atoms with E-state index in [1.54, 1.807) is 18.3 Å². The highest BCUT2D eigenvalue weighted by atomic mass is 16.6. The summed E-state index contributed by atoms with van der Waals surface area (Å²) in [7, 11) is 0. The lowest BCUT2D eigenvalue weighted by Gasteiger charge is -1.96. The minimum absolute atomic E-state index is 0.0709. The number of nitro benzene ring substituents is 1. The second kappa shape index (κ2) is 3.53. The molecule has 1 heterocycles. The second-order valence-corrected chi connectivity index (χ2v) is 3.22. The summed E-state index contributed by atoms with van der Waals surface area (Å²) in [6, 6.07) is 6.38. The van der Waals surface area contributed by atoms with Gasteiger partial charge in [0.05, 0.1) is 4.92 Å². The van der Waals surface area contributed by atoms with E-state index >= 15 is 0 Å². The lowest BCUT2D eigenvalue weighted by molar-refractivity contribution is -0.384. The molecule has 0 aliphatic heterocycles. The summed E-state index contributed by atoms with van der Waals surface area (Å²) < 4.78 is 0. The molecule has 0 unspecified atom stereocenters. The van der Waals surface area contributed by atoms with Crippen LogP contribution in [0, 0.1) is 17.0 Å². The maximum absolute atomic E-state index is 10.6. The maximum atomic E-state index is 10.6. The van der Waals surface area contributed by atoms with Gasteiger partial charge in [-0.05, 0) is 6.92 Å². The number of H-pyrrole nitrogens is 1. The van der Waals surface area contributed by atoms with Crippen LogP contribution in [0.25, 0.3) is 11.4 Å². The number of imidazole rings is 1. The van der Waals surface area contributed by atoms with Gasteiger partial charge in [-0.25, -0.2) is 4.98 Å². The van der Waals surface area contributed by atoms with Crippen molar-refractivity contribution in [1.82, 2.24) is 9.97 Å². The number of hydrogen-bond donors (Lipinski definition) is 1. The fourth-order valence-corrected chi connectivity index (χ4v) is 1.33. The Kier molecular flexibility index (Phi) is 2.21. The molecule has 0 saturated heterocycles. The second-order valence-electron chi connectivity index (χ2n) is 3.22. The molecule has 0 aliphatic rings. The molecule has 1 aromatic heterocycles. The van der Waals surface area contributed by atoms with Crippen LogP contribution < -0.4 is 0 Å². The van der Waals surface area contributed by atoms with Gasteiger partial charge in [-0.1, -0.05) is 12.1 Å². The fourth-order valence-electron chi connectivity index (χ4n) is 1.33. The summed E-state index contributed by atoms with van der Waals surface area (Å²) in [6.07, 6.45) is 1.69. The summed E-state index contributed by atoms with van der Waals surface area (Å²) in [5, 5.41) is 10.6. The van der Waals surface area contributed by atoms with E-state index in [2.05, 4.69) is 9.97 Å². The molecule has 0 radical (unpaired) electrons. The van der Waals surface area contributed by atoms with E-state index in [1.807, 2.05) is 6.92 Å². The van der Waals surface area contributed by atoms with Gasteiger partial charge in [0, 0.05) is 29.6 Å². The van der Waals surface area contributed by atoms with Crippen LogP contribution in [0.4, 0.5) is 5.69 Å². The topological polar surface area (TPSA) is 71.8 Å². The van der Waals surface area contributed by atoms with Gasteiger partial charge in [0.25, 0.3) is 5.69 Å².